The van der Waals surface area contributed by atoms with E-state index in [1.165, 1.54) is 19.4 Å². The summed E-state index contributed by atoms with van der Waals surface area (Å²) in [6.45, 7) is 3.37. The minimum absolute atomic E-state index is 0.587. The molecule has 48 valence electrons. The number of nitrogens with one attached hydrogen (secondary N) is 1. The highest BCUT2D eigenvalue weighted by molar-refractivity contribution is 7.81. The SMILES string of the molecule is C[C@@H]1NCCC[C@@H]1S. The normalized spacial score (nSPS) is 39.8. The van der Waals surface area contributed by atoms with Gasteiger partial charge in [0.05, 0.1) is 0 Å². The molecule has 0 bridgehead atoms. The highest BCUT2D eigenvalue weighted by Gasteiger charge is 2.15. The van der Waals surface area contributed by atoms with E-state index in [0.29, 0.717) is 11.3 Å². The summed E-state index contributed by atoms with van der Waals surface area (Å²) in [6.07, 6.45) is 2.57. The highest BCUT2D eigenvalue weighted by atomic mass is 32.1. The molecule has 0 amide bonds. The van der Waals surface area contributed by atoms with Crippen LogP contribution in [0.5, 0.6) is 0 Å². The van der Waals surface area contributed by atoms with Crippen LogP contribution in [0.4, 0.5) is 0 Å². The van der Waals surface area contributed by atoms with Crippen LogP contribution < -0.4 is 5.32 Å². The molecule has 0 aromatic heterocycles. The molecule has 2 heteroatoms. The lowest BCUT2D eigenvalue weighted by molar-refractivity contribution is 0.438. The van der Waals surface area contributed by atoms with Crippen molar-refractivity contribution in [2.24, 2.45) is 0 Å². The van der Waals surface area contributed by atoms with Gasteiger partial charge in [-0.3, -0.25) is 0 Å². The Balaban J connectivity index is 2.28. The fourth-order valence-corrected chi connectivity index (χ4v) is 1.31. The van der Waals surface area contributed by atoms with Crippen molar-refractivity contribution in [1.82, 2.24) is 5.32 Å². The first-order chi connectivity index (χ1) is 3.80. The topological polar surface area (TPSA) is 12.0 Å². The molecule has 0 aromatic carbocycles. The van der Waals surface area contributed by atoms with E-state index in [9.17, 15) is 0 Å². The Bertz CT molecular complexity index is 64.9. The number of thiol groups is 1. The highest BCUT2D eigenvalue weighted by Crippen LogP contribution is 2.12. The van der Waals surface area contributed by atoms with E-state index >= 15 is 0 Å². The number of rotatable bonds is 0. The Morgan fingerprint density at radius 2 is 2.38 bits per heavy atom. The Kier molecular flexibility index (Phi) is 2.20. The Labute approximate surface area is 56.3 Å². The van der Waals surface area contributed by atoms with Gasteiger partial charge in [0.15, 0.2) is 0 Å². The molecule has 1 heterocycles. The Morgan fingerprint density at radius 1 is 1.62 bits per heavy atom. The largest absolute Gasteiger partial charge is 0.313 e. The predicted octanol–water partition coefficient (Wildman–Crippen LogP) is 1.06. The maximum Gasteiger partial charge on any atom is 0.0168 e. The fraction of sp³-hybridized carbons (Fsp3) is 1.00. The van der Waals surface area contributed by atoms with Crippen LogP contribution in [-0.2, 0) is 0 Å². The first-order valence-electron chi connectivity index (χ1n) is 3.22. The summed E-state index contributed by atoms with van der Waals surface area (Å²) in [6, 6.07) is 0.618. The molecule has 1 rings (SSSR count). The van der Waals surface area contributed by atoms with Crippen LogP contribution in [0.3, 0.4) is 0 Å². The van der Waals surface area contributed by atoms with Gasteiger partial charge < -0.3 is 5.32 Å². The van der Waals surface area contributed by atoms with Gasteiger partial charge in [0.2, 0.25) is 0 Å². The van der Waals surface area contributed by atoms with Gasteiger partial charge in [-0.1, -0.05) is 0 Å². The summed E-state index contributed by atoms with van der Waals surface area (Å²) in [5, 5.41) is 3.94. The van der Waals surface area contributed by atoms with Crippen LogP contribution in [-0.4, -0.2) is 17.8 Å². The molecule has 1 nitrogen and oxygen atoms in total. The van der Waals surface area contributed by atoms with Gasteiger partial charge in [0.25, 0.3) is 0 Å². The lowest BCUT2D eigenvalue weighted by Gasteiger charge is -2.25. The minimum Gasteiger partial charge on any atom is -0.313 e. The third-order valence-corrected chi connectivity index (χ3v) is 2.43. The fourth-order valence-electron chi connectivity index (χ4n) is 1.03. The van der Waals surface area contributed by atoms with Crippen LogP contribution in [0.25, 0.3) is 0 Å². The van der Waals surface area contributed by atoms with Gasteiger partial charge in [-0.05, 0) is 26.3 Å². The first-order valence-corrected chi connectivity index (χ1v) is 3.74. The average molecular weight is 131 g/mol. The summed E-state index contributed by atoms with van der Waals surface area (Å²) >= 11 is 4.39. The lowest BCUT2D eigenvalue weighted by Crippen LogP contribution is -2.39. The van der Waals surface area contributed by atoms with E-state index in [1.54, 1.807) is 0 Å². The van der Waals surface area contributed by atoms with Crippen molar-refractivity contribution in [1.29, 1.82) is 0 Å². The number of hydrogen-bond donors (Lipinski definition) is 2. The zero-order valence-corrected chi connectivity index (χ0v) is 6.12. The summed E-state index contributed by atoms with van der Waals surface area (Å²) in [5.41, 5.74) is 0. The molecule has 0 aromatic rings. The van der Waals surface area contributed by atoms with Gasteiger partial charge in [-0.15, -0.1) is 0 Å². The predicted molar refractivity (Wildman–Crippen MR) is 39.5 cm³/mol. The van der Waals surface area contributed by atoms with Crippen molar-refractivity contribution in [2.45, 2.75) is 31.1 Å². The van der Waals surface area contributed by atoms with Crippen LogP contribution in [0.2, 0.25) is 0 Å². The molecule has 8 heavy (non-hydrogen) atoms. The van der Waals surface area contributed by atoms with Crippen LogP contribution >= 0.6 is 12.6 Å². The van der Waals surface area contributed by atoms with Crippen molar-refractivity contribution in [3.05, 3.63) is 0 Å². The second-order valence-electron chi connectivity index (χ2n) is 2.45. The summed E-state index contributed by atoms with van der Waals surface area (Å²) in [7, 11) is 0. The Hall–Kier alpha value is 0.310. The first kappa shape index (κ1) is 6.43. The quantitative estimate of drug-likeness (QED) is 0.468. The summed E-state index contributed by atoms with van der Waals surface area (Å²) in [4.78, 5) is 0. The summed E-state index contributed by atoms with van der Waals surface area (Å²) in [5.74, 6) is 0. The lowest BCUT2D eigenvalue weighted by atomic mass is 10.1. The van der Waals surface area contributed by atoms with E-state index in [1.807, 2.05) is 0 Å². The molecule has 0 spiro atoms. The van der Waals surface area contributed by atoms with Crippen molar-refractivity contribution in [2.75, 3.05) is 6.54 Å². The smallest absolute Gasteiger partial charge is 0.0168 e. The van der Waals surface area contributed by atoms with Crippen LogP contribution in [0.15, 0.2) is 0 Å². The minimum atomic E-state index is 0.587. The van der Waals surface area contributed by atoms with E-state index in [4.69, 9.17) is 0 Å². The maximum absolute atomic E-state index is 4.39. The van der Waals surface area contributed by atoms with Gasteiger partial charge in [-0.2, -0.15) is 12.6 Å². The van der Waals surface area contributed by atoms with E-state index in [-0.39, 0.29) is 0 Å². The Morgan fingerprint density at radius 3 is 2.75 bits per heavy atom. The van der Waals surface area contributed by atoms with Crippen LogP contribution in [0.1, 0.15) is 19.8 Å². The van der Waals surface area contributed by atoms with Gasteiger partial charge in [0.1, 0.15) is 0 Å². The van der Waals surface area contributed by atoms with E-state index in [2.05, 4.69) is 24.9 Å². The van der Waals surface area contributed by atoms with Crippen LogP contribution in [0, 0.1) is 0 Å². The molecule has 0 radical (unpaired) electrons. The molecule has 0 unspecified atom stereocenters. The van der Waals surface area contributed by atoms with Crippen molar-refractivity contribution >= 4 is 12.6 Å². The molecule has 1 saturated heterocycles. The third-order valence-electron chi connectivity index (χ3n) is 1.72. The zero-order chi connectivity index (χ0) is 5.98. The van der Waals surface area contributed by atoms with Crippen molar-refractivity contribution in [3.63, 3.8) is 0 Å². The molecule has 2 atom stereocenters. The molecule has 0 saturated carbocycles. The van der Waals surface area contributed by atoms with E-state index < -0.39 is 0 Å². The summed E-state index contributed by atoms with van der Waals surface area (Å²) < 4.78 is 0. The molecular formula is C6H13NS. The monoisotopic (exact) mass is 131 g/mol. The number of hydrogen-bond acceptors (Lipinski definition) is 2. The molecular weight excluding hydrogens is 118 g/mol. The maximum atomic E-state index is 4.39. The zero-order valence-electron chi connectivity index (χ0n) is 5.22. The van der Waals surface area contributed by atoms with E-state index in [0.717, 1.165) is 0 Å². The number of piperidine rings is 1. The molecule has 0 aliphatic carbocycles. The molecule has 1 N–H and O–H groups in total. The van der Waals surface area contributed by atoms with Crippen molar-refractivity contribution < 1.29 is 0 Å². The standard InChI is InChI=1S/C6H13NS/c1-5-6(8)3-2-4-7-5/h5-8H,2-4H2,1H3/t5-,6-/m0/s1. The average Bonchev–Trinajstić information content (AvgIpc) is 1.77. The molecule has 1 aliphatic rings. The third kappa shape index (κ3) is 1.39. The second-order valence-corrected chi connectivity index (χ2v) is 3.12. The van der Waals surface area contributed by atoms with Gasteiger partial charge >= 0.3 is 0 Å². The molecule has 1 aliphatic heterocycles. The van der Waals surface area contributed by atoms with Gasteiger partial charge in [0, 0.05) is 11.3 Å². The second kappa shape index (κ2) is 2.74. The van der Waals surface area contributed by atoms with Crippen molar-refractivity contribution in [3.8, 4) is 0 Å². The van der Waals surface area contributed by atoms with Gasteiger partial charge in [-0.25, -0.2) is 0 Å². The molecule has 1 fully saturated rings.